The molecule has 0 aliphatic heterocycles. The second kappa shape index (κ2) is 6.51. The first kappa shape index (κ1) is 15.2. The first-order valence-corrected chi connectivity index (χ1v) is 7.51. The molecule has 0 radical (unpaired) electrons. The zero-order chi connectivity index (χ0) is 14.6. The normalized spacial score (nSPS) is 16.4. The molecule has 2 rings (SSSR count). The van der Waals surface area contributed by atoms with Crippen LogP contribution >= 0.6 is 0 Å². The first-order chi connectivity index (χ1) is 9.66. The molecule has 1 aromatic rings. The van der Waals surface area contributed by atoms with E-state index >= 15 is 0 Å². The highest BCUT2D eigenvalue weighted by molar-refractivity contribution is 5.89. The lowest BCUT2D eigenvalue weighted by Gasteiger charge is -2.30. The highest BCUT2D eigenvalue weighted by Crippen LogP contribution is 2.41. The van der Waals surface area contributed by atoms with Gasteiger partial charge in [0.2, 0.25) is 6.29 Å². The van der Waals surface area contributed by atoms with Crippen LogP contribution in [0.2, 0.25) is 0 Å². The number of ether oxygens (including phenoxy) is 2. The van der Waals surface area contributed by atoms with Crippen LogP contribution in [-0.2, 0) is 27.1 Å². The number of hydrogen-bond acceptors (Lipinski definition) is 3. The number of hydrogen-bond donors (Lipinski definition) is 0. The predicted octanol–water partition coefficient (Wildman–Crippen LogP) is 3.15. The lowest BCUT2D eigenvalue weighted by Crippen LogP contribution is -2.42. The molecule has 3 heteroatoms. The topological polar surface area (TPSA) is 35.5 Å². The van der Waals surface area contributed by atoms with Crippen molar-refractivity contribution in [1.29, 1.82) is 0 Å². The average molecular weight is 276 g/mol. The van der Waals surface area contributed by atoms with E-state index in [1.54, 1.807) is 0 Å². The second-order valence-corrected chi connectivity index (χ2v) is 5.36. The Kier molecular flexibility index (Phi) is 4.95. The summed E-state index contributed by atoms with van der Waals surface area (Å²) in [5.74, 6) is 0.0971. The molecule has 1 aromatic carbocycles. The molecule has 0 saturated carbocycles. The summed E-state index contributed by atoms with van der Waals surface area (Å²) < 4.78 is 11.0. The van der Waals surface area contributed by atoms with Gasteiger partial charge in [-0.05, 0) is 44.2 Å². The Hall–Kier alpha value is -1.19. The van der Waals surface area contributed by atoms with Gasteiger partial charge in [-0.3, -0.25) is 4.79 Å². The van der Waals surface area contributed by atoms with Crippen molar-refractivity contribution in [3.8, 4) is 0 Å². The third-order valence-corrected chi connectivity index (χ3v) is 4.23. The summed E-state index contributed by atoms with van der Waals surface area (Å²) in [6.07, 6.45) is 1.70. The summed E-state index contributed by atoms with van der Waals surface area (Å²) in [4.78, 5) is 12.9. The standard InChI is InChI=1S/C17H24O3/c1-4-17(15(18)16(19-5-2)20-6-3)11-13-9-7-8-10-14(13)12-17/h7-10,16H,4-6,11-12H2,1-3H3. The van der Waals surface area contributed by atoms with Gasteiger partial charge in [0.25, 0.3) is 0 Å². The minimum atomic E-state index is -0.723. The maximum Gasteiger partial charge on any atom is 0.218 e. The number of rotatable bonds is 7. The molecule has 0 fully saturated rings. The Labute approximate surface area is 121 Å². The van der Waals surface area contributed by atoms with Gasteiger partial charge in [0, 0.05) is 18.6 Å². The number of fused-ring (bicyclic) bond motifs is 1. The highest BCUT2D eigenvalue weighted by atomic mass is 16.7. The van der Waals surface area contributed by atoms with Crippen LogP contribution in [0.1, 0.15) is 38.3 Å². The SMILES string of the molecule is CCOC(OCC)C(=O)C1(CC)Cc2ccccc2C1. The number of ketones is 1. The van der Waals surface area contributed by atoms with Crippen molar-refractivity contribution < 1.29 is 14.3 Å². The summed E-state index contributed by atoms with van der Waals surface area (Å²) in [5, 5.41) is 0. The Morgan fingerprint density at radius 1 is 1.10 bits per heavy atom. The molecule has 0 bridgehead atoms. The van der Waals surface area contributed by atoms with Crippen molar-refractivity contribution in [3.05, 3.63) is 35.4 Å². The van der Waals surface area contributed by atoms with E-state index < -0.39 is 6.29 Å². The number of carbonyl (C=O) groups excluding carboxylic acids is 1. The van der Waals surface area contributed by atoms with Gasteiger partial charge in [-0.15, -0.1) is 0 Å². The molecule has 0 unspecified atom stereocenters. The maximum atomic E-state index is 12.9. The number of Topliss-reactive ketones (excluding diaryl/α,β-unsaturated/α-hetero) is 1. The van der Waals surface area contributed by atoms with Crippen molar-refractivity contribution in [2.75, 3.05) is 13.2 Å². The van der Waals surface area contributed by atoms with Gasteiger partial charge in [-0.1, -0.05) is 31.2 Å². The van der Waals surface area contributed by atoms with E-state index in [2.05, 4.69) is 19.1 Å². The van der Waals surface area contributed by atoms with E-state index in [-0.39, 0.29) is 11.2 Å². The zero-order valence-corrected chi connectivity index (χ0v) is 12.6. The Bertz CT molecular complexity index is 436. The fraction of sp³-hybridized carbons (Fsp3) is 0.588. The summed E-state index contributed by atoms with van der Waals surface area (Å²) in [6, 6.07) is 8.32. The van der Waals surface area contributed by atoms with Crippen molar-refractivity contribution in [1.82, 2.24) is 0 Å². The van der Waals surface area contributed by atoms with E-state index in [0.717, 1.165) is 19.3 Å². The molecular formula is C17H24O3. The molecule has 0 heterocycles. The van der Waals surface area contributed by atoms with Crippen molar-refractivity contribution >= 4 is 5.78 Å². The molecule has 0 spiro atoms. The molecule has 1 aliphatic carbocycles. The van der Waals surface area contributed by atoms with Crippen LogP contribution in [-0.4, -0.2) is 25.3 Å². The number of benzene rings is 1. The summed E-state index contributed by atoms with van der Waals surface area (Å²) >= 11 is 0. The van der Waals surface area contributed by atoms with Crippen molar-refractivity contribution in [2.24, 2.45) is 5.41 Å². The lowest BCUT2D eigenvalue weighted by molar-refractivity contribution is -0.177. The van der Waals surface area contributed by atoms with Crippen LogP contribution in [0.15, 0.2) is 24.3 Å². The Balaban J connectivity index is 2.22. The molecule has 0 aromatic heterocycles. The van der Waals surface area contributed by atoms with Crippen LogP contribution in [0.3, 0.4) is 0 Å². The van der Waals surface area contributed by atoms with E-state index in [1.165, 1.54) is 11.1 Å². The third-order valence-electron chi connectivity index (χ3n) is 4.23. The largest absolute Gasteiger partial charge is 0.346 e. The number of carbonyl (C=O) groups is 1. The fourth-order valence-corrected chi connectivity index (χ4v) is 3.04. The van der Waals surface area contributed by atoms with E-state index in [1.807, 2.05) is 26.0 Å². The molecule has 0 N–H and O–H groups in total. The van der Waals surface area contributed by atoms with Gasteiger partial charge < -0.3 is 9.47 Å². The van der Waals surface area contributed by atoms with Gasteiger partial charge >= 0.3 is 0 Å². The second-order valence-electron chi connectivity index (χ2n) is 5.36. The molecule has 1 aliphatic rings. The molecular weight excluding hydrogens is 252 g/mol. The van der Waals surface area contributed by atoms with E-state index in [9.17, 15) is 4.79 Å². The van der Waals surface area contributed by atoms with Crippen molar-refractivity contribution in [2.45, 2.75) is 46.3 Å². The molecule has 20 heavy (non-hydrogen) atoms. The molecule has 0 saturated heterocycles. The molecule has 110 valence electrons. The molecule has 0 atom stereocenters. The maximum absolute atomic E-state index is 12.9. The monoisotopic (exact) mass is 276 g/mol. The van der Waals surface area contributed by atoms with E-state index in [4.69, 9.17) is 9.47 Å². The summed E-state index contributed by atoms with van der Waals surface area (Å²) in [6.45, 7) is 6.84. The van der Waals surface area contributed by atoms with Gasteiger partial charge in [0.1, 0.15) is 0 Å². The summed E-state index contributed by atoms with van der Waals surface area (Å²) in [5.41, 5.74) is 2.21. The zero-order valence-electron chi connectivity index (χ0n) is 12.6. The minimum Gasteiger partial charge on any atom is -0.346 e. The Morgan fingerprint density at radius 2 is 1.60 bits per heavy atom. The van der Waals surface area contributed by atoms with Gasteiger partial charge in [0.05, 0.1) is 0 Å². The predicted molar refractivity (Wildman–Crippen MR) is 78.6 cm³/mol. The van der Waals surface area contributed by atoms with E-state index in [0.29, 0.717) is 13.2 Å². The quantitative estimate of drug-likeness (QED) is 0.718. The average Bonchev–Trinajstić information content (AvgIpc) is 2.86. The van der Waals surface area contributed by atoms with Gasteiger partial charge in [0.15, 0.2) is 5.78 Å². The fourth-order valence-electron chi connectivity index (χ4n) is 3.04. The lowest BCUT2D eigenvalue weighted by atomic mass is 9.77. The van der Waals surface area contributed by atoms with Gasteiger partial charge in [-0.2, -0.15) is 0 Å². The van der Waals surface area contributed by atoms with Gasteiger partial charge in [-0.25, -0.2) is 0 Å². The first-order valence-electron chi connectivity index (χ1n) is 7.51. The van der Waals surface area contributed by atoms with Crippen LogP contribution in [0.5, 0.6) is 0 Å². The van der Waals surface area contributed by atoms with Crippen LogP contribution < -0.4 is 0 Å². The molecule has 3 nitrogen and oxygen atoms in total. The van der Waals surface area contributed by atoms with Crippen molar-refractivity contribution in [3.63, 3.8) is 0 Å². The van der Waals surface area contributed by atoms with Crippen LogP contribution in [0.25, 0.3) is 0 Å². The smallest absolute Gasteiger partial charge is 0.218 e. The molecule has 0 amide bonds. The highest BCUT2D eigenvalue weighted by Gasteiger charge is 2.45. The third kappa shape index (κ3) is 2.79. The minimum absolute atomic E-state index is 0.0971. The summed E-state index contributed by atoms with van der Waals surface area (Å²) in [7, 11) is 0. The van der Waals surface area contributed by atoms with Crippen LogP contribution in [0, 0.1) is 5.41 Å². The van der Waals surface area contributed by atoms with Crippen LogP contribution in [0.4, 0.5) is 0 Å². The Morgan fingerprint density at radius 3 is 2.00 bits per heavy atom.